The van der Waals surface area contributed by atoms with E-state index in [9.17, 15) is 5.11 Å². The number of nitrogens with one attached hydrogen (secondary N) is 1. The minimum atomic E-state index is 0.301. The van der Waals surface area contributed by atoms with Gasteiger partial charge in [-0.3, -0.25) is 0 Å². The van der Waals surface area contributed by atoms with Crippen molar-refractivity contribution in [3.8, 4) is 0 Å². The van der Waals surface area contributed by atoms with Crippen LogP contribution >= 0.6 is 11.3 Å². The van der Waals surface area contributed by atoms with Gasteiger partial charge in [0.15, 0.2) is 0 Å². The minimum absolute atomic E-state index is 0.301. The number of rotatable bonds is 2. The molecule has 0 saturated carbocycles. The Morgan fingerprint density at radius 1 is 1.64 bits per heavy atom. The zero-order chi connectivity index (χ0) is 9.97. The molecule has 1 aromatic rings. The second kappa shape index (κ2) is 4.43. The van der Waals surface area contributed by atoms with E-state index in [2.05, 4.69) is 23.7 Å². The zero-order valence-electron chi connectivity index (χ0n) is 8.49. The molecule has 2 rings (SSSR count). The standard InChI is InChI=1S/C11H17NOS/c1-8-4-6-14-11(8)10-9(7-13)3-2-5-12-10/h4,6,9-10,12-13H,2-3,5,7H2,1H3. The van der Waals surface area contributed by atoms with E-state index in [0.29, 0.717) is 18.6 Å². The summed E-state index contributed by atoms with van der Waals surface area (Å²) in [7, 11) is 0. The summed E-state index contributed by atoms with van der Waals surface area (Å²) >= 11 is 1.80. The van der Waals surface area contributed by atoms with Crippen molar-refractivity contribution in [2.24, 2.45) is 5.92 Å². The van der Waals surface area contributed by atoms with Gasteiger partial charge in [0.2, 0.25) is 0 Å². The molecule has 1 aliphatic rings. The molecule has 78 valence electrons. The fourth-order valence-corrected chi connectivity index (χ4v) is 3.26. The van der Waals surface area contributed by atoms with E-state index >= 15 is 0 Å². The van der Waals surface area contributed by atoms with Gasteiger partial charge in [-0.15, -0.1) is 11.3 Å². The molecule has 0 radical (unpaired) electrons. The lowest BCUT2D eigenvalue weighted by Crippen LogP contribution is -2.35. The van der Waals surface area contributed by atoms with Crippen molar-refractivity contribution in [3.63, 3.8) is 0 Å². The van der Waals surface area contributed by atoms with Crippen LogP contribution in [-0.2, 0) is 0 Å². The largest absolute Gasteiger partial charge is 0.396 e. The molecule has 0 aliphatic carbocycles. The fourth-order valence-electron chi connectivity index (χ4n) is 2.16. The SMILES string of the molecule is Cc1ccsc1C1NCCCC1CO. The predicted octanol–water partition coefficient (Wildman–Crippen LogP) is 2.09. The second-order valence-electron chi connectivity index (χ2n) is 3.98. The quantitative estimate of drug-likeness (QED) is 0.785. The van der Waals surface area contributed by atoms with Crippen molar-refractivity contribution >= 4 is 11.3 Å². The highest BCUT2D eigenvalue weighted by Gasteiger charge is 2.27. The van der Waals surface area contributed by atoms with Crippen LogP contribution in [0.1, 0.15) is 29.3 Å². The van der Waals surface area contributed by atoms with Gasteiger partial charge < -0.3 is 10.4 Å². The Bertz CT molecular complexity index is 297. The molecule has 0 aromatic carbocycles. The Balaban J connectivity index is 2.19. The maximum atomic E-state index is 9.32. The van der Waals surface area contributed by atoms with E-state index in [1.807, 2.05) is 0 Å². The summed E-state index contributed by atoms with van der Waals surface area (Å²) in [5.74, 6) is 0.404. The van der Waals surface area contributed by atoms with Crippen molar-refractivity contribution in [2.45, 2.75) is 25.8 Å². The van der Waals surface area contributed by atoms with Gasteiger partial charge in [0.25, 0.3) is 0 Å². The molecule has 1 fully saturated rings. The lowest BCUT2D eigenvalue weighted by Gasteiger charge is -2.31. The highest BCUT2D eigenvalue weighted by Crippen LogP contribution is 2.33. The zero-order valence-corrected chi connectivity index (χ0v) is 9.31. The third-order valence-corrected chi connectivity index (χ3v) is 4.11. The topological polar surface area (TPSA) is 32.3 Å². The number of hydrogen-bond donors (Lipinski definition) is 2. The molecule has 3 heteroatoms. The van der Waals surface area contributed by atoms with Crippen LogP contribution in [-0.4, -0.2) is 18.3 Å². The predicted molar refractivity (Wildman–Crippen MR) is 59.6 cm³/mol. The van der Waals surface area contributed by atoms with Gasteiger partial charge in [-0.25, -0.2) is 0 Å². The first-order chi connectivity index (χ1) is 6.83. The first kappa shape index (κ1) is 10.1. The van der Waals surface area contributed by atoms with Crippen LogP contribution in [0.15, 0.2) is 11.4 Å². The van der Waals surface area contributed by atoms with E-state index in [1.54, 1.807) is 11.3 Å². The van der Waals surface area contributed by atoms with Crippen LogP contribution in [0, 0.1) is 12.8 Å². The van der Waals surface area contributed by atoms with Crippen LogP contribution < -0.4 is 5.32 Å². The first-order valence-corrected chi connectivity index (χ1v) is 6.09. The molecule has 0 amide bonds. The van der Waals surface area contributed by atoms with Crippen LogP contribution in [0.25, 0.3) is 0 Å². The lowest BCUT2D eigenvalue weighted by atomic mass is 9.89. The third-order valence-electron chi connectivity index (χ3n) is 3.01. The highest BCUT2D eigenvalue weighted by molar-refractivity contribution is 7.10. The molecule has 14 heavy (non-hydrogen) atoms. The summed E-state index contributed by atoms with van der Waals surface area (Å²) in [6.45, 7) is 3.53. The highest BCUT2D eigenvalue weighted by atomic mass is 32.1. The summed E-state index contributed by atoms with van der Waals surface area (Å²) in [6, 6.07) is 2.54. The Hall–Kier alpha value is -0.380. The van der Waals surface area contributed by atoms with Gasteiger partial charge in [-0.1, -0.05) is 0 Å². The van der Waals surface area contributed by atoms with E-state index in [-0.39, 0.29) is 0 Å². The average Bonchev–Trinajstić information content (AvgIpc) is 2.64. The van der Waals surface area contributed by atoms with Crippen molar-refractivity contribution in [1.29, 1.82) is 0 Å². The van der Waals surface area contributed by atoms with Crippen molar-refractivity contribution in [1.82, 2.24) is 5.32 Å². The van der Waals surface area contributed by atoms with E-state index < -0.39 is 0 Å². The average molecular weight is 211 g/mol. The van der Waals surface area contributed by atoms with Crippen molar-refractivity contribution in [3.05, 3.63) is 21.9 Å². The van der Waals surface area contributed by atoms with Gasteiger partial charge in [0, 0.05) is 23.4 Å². The number of aryl methyl sites for hydroxylation is 1. The number of aliphatic hydroxyl groups is 1. The molecule has 1 saturated heterocycles. The van der Waals surface area contributed by atoms with E-state index in [4.69, 9.17) is 0 Å². The summed E-state index contributed by atoms with van der Waals surface area (Å²) in [4.78, 5) is 1.41. The molecule has 2 N–H and O–H groups in total. The van der Waals surface area contributed by atoms with Crippen molar-refractivity contribution in [2.75, 3.05) is 13.2 Å². The van der Waals surface area contributed by atoms with Crippen LogP contribution in [0.3, 0.4) is 0 Å². The normalized spacial score (nSPS) is 27.9. The van der Waals surface area contributed by atoms with Gasteiger partial charge >= 0.3 is 0 Å². The third kappa shape index (κ3) is 1.85. The summed E-state index contributed by atoms with van der Waals surface area (Å²) in [5, 5.41) is 15.0. The molecule has 1 aromatic heterocycles. The summed E-state index contributed by atoms with van der Waals surface area (Å²) in [6.07, 6.45) is 2.33. The van der Waals surface area contributed by atoms with Gasteiger partial charge in [0.05, 0.1) is 0 Å². The summed E-state index contributed by atoms with van der Waals surface area (Å²) < 4.78 is 0. The van der Waals surface area contributed by atoms with Gasteiger partial charge in [-0.05, 0) is 43.3 Å². The van der Waals surface area contributed by atoms with E-state index in [1.165, 1.54) is 16.9 Å². The summed E-state index contributed by atoms with van der Waals surface area (Å²) in [5.41, 5.74) is 1.35. The number of piperidine rings is 1. The van der Waals surface area contributed by atoms with Crippen molar-refractivity contribution < 1.29 is 5.11 Å². The fraction of sp³-hybridized carbons (Fsp3) is 0.636. The Kier molecular flexibility index (Phi) is 3.21. The maximum Gasteiger partial charge on any atom is 0.0477 e. The monoisotopic (exact) mass is 211 g/mol. The van der Waals surface area contributed by atoms with E-state index in [0.717, 1.165) is 13.0 Å². The Labute approximate surface area is 89.0 Å². The first-order valence-electron chi connectivity index (χ1n) is 5.21. The molecule has 2 heterocycles. The molecular formula is C11H17NOS. The number of hydrogen-bond acceptors (Lipinski definition) is 3. The molecule has 2 unspecified atom stereocenters. The molecular weight excluding hydrogens is 194 g/mol. The molecule has 2 atom stereocenters. The lowest BCUT2D eigenvalue weighted by molar-refractivity contribution is 0.161. The number of aliphatic hydroxyl groups excluding tert-OH is 1. The van der Waals surface area contributed by atoms with Crippen LogP contribution in [0.2, 0.25) is 0 Å². The smallest absolute Gasteiger partial charge is 0.0477 e. The van der Waals surface area contributed by atoms with Crippen LogP contribution in [0.5, 0.6) is 0 Å². The number of thiophene rings is 1. The minimum Gasteiger partial charge on any atom is -0.396 e. The van der Waals surface area contributed by atoms with Crippen LogP contribution in [0.4, 0.5) is 0 Å². The second-order valence-corrected chi connectivity index (χ2v) is 4.93. The van der Waals surface area contributed by atoms with Gasteiger partial charge in [0.1, 0.15) is 0 Å². The maximum absolute atomic E-state index is 9.32. The molecule has 1 aliphatic heterocycles. The molecule has 0 bridgehead atoms. The Morgan fingerprint density at radius 3 is 3.14 bits per heavy atom. The molecule has 2 nitrogen and oxygen atoms in total. The Morgan fingerprint density at radius 2 is 2.50 bits per heavy atom. The van der Waals surface area contributed by atoms with Gasteiger partial charge in [-0.2, -0.15) is 0 Å². The molecule has 0 spiro atoms.